The maximum Gasteiger partial charge on any atom is 0.276 e. The van der Waals surface area contributed by atoms with Gasteiger partial charge in [-0.05, 0) is 19.1 Å². The van der Waals surface area contributed by atoms with Crippen LogP contribution < -0.4 is 5.73 Å². The van der Waals surface area contributed by atoms with Gasteiger partial charge in [-0.1, -0.05) is 0 Å². The second-order valence-electron chi connectivity index (χ2n) is 4.33. The quantitative estimate of drug-likeness (QED) is 0.856. The minimum atomic E-state index is -0.321. The summed E-state index contributed by atoms with van der Waals surface area (Å²) in [5.74, 6) is 0.320. The zero-order valence-corrected chi connectivity index (χ0v) is 11.1. The molecule has 0 atom stereocenters. The Morgan fingerprint density at radius 2 is 2.45 bits per heavy atom. The molecular formula is C13H15N5O2. The third-order valence-corrected chi connectivity index (χ3v) is 2.90. The van der Waals surface area contributed by atoms with E-state index in [0.29, 0.717) is 23.7 Å². The average molecular weight is 273 g/mol. The summed E-state index contributed by atoms with van der Waals surface area (Å²) in [5, 5.41) is 15.3. The Labute approximate surface area is 116 Å². The van der Waals surface area contributed by atoms with Crippen LogP contribution in [0.1, 0.15) is 28.4 Å². The van der Waals surface area contributed by atoms with E-state index in [2.05, 4.69) is 10.2 Å². The number of aromatic nitrogens is 2. The molecule has 0 aliphatic rings. The molecule has 1 amide bonds. The van der Waals surface area contributed by atoms with Crippen LogP contribution in [0.3, 0.4) is 0 Å². The molecule has 7 heteroatoms. The van der Waals surface area contributed by atoms with Gasteiger partial charge in [0.25, 0.3) is 5.91 Å². The molecule has 0 fully saturated rings. The van der Waals surface area contributed by atoms with Crippen LogP contribution in [-0.4, -0.2) is 27.5 Å². The number of carbonyl (C=O) groups excluding carboxylic acids is 1. The summed E-state index contributed by atoms with van der Waals surface area (Å²) in [5.41, 5.74) is 6.96. The first kappa shape index (κ1) is 13.7. The number of nitriles is 1. The highest BCUT2D eigenvalue weighted by Gasteiger charge is 2.22. The number of nitrogens with zero attached hydrogens (tertiary/aromatic N) is 3. The smallest absolute Gasteiger partial charge is 0.276 e. The second kappa shape index (κ2) is 5.93. The van der Waals surface area contributed by atoms with E-state index >= 15 is 0 Å². The number of H-pyrrole nitrogens is 1. The molecule has 2 aromatic heterocycles. The van der Waals surface area contributed by atoms with E-state index in [0.717, 1.165) is 0 Å². The predicted octanol–water partition coefficient (Wildman–Crippen LogP) is 1.45. The van der Waals surface area contributed by atoms with Crippen LogP contribution in [0.15, 0.2) is 22.8 Å². The number of nitrogen functional groups attached to an aromatic ring is 1. The summed E-state index contributed by atoms with van der Waals surface area (Å²) in [6.07, 6.45) is 1.77. The fourth-order valence-corrected chi connectivity index (χ4v) is 1.78. The normalized spacial score (nSPS) is 10.2. The summed E-state index contributed by atoms with van der Waals surface area (Å²) < 4.78 is 5.23. The summed E-state index contributed by atoms with van der Waals surface area (Å²) >= 11 is 0. The molecule has 0 bridgehead atoms. The Morgan fingerprint density at radius 1 is 1.65 bits per heavy atom. The first-order chi connectivity index (χ1) is 9.63. The Bertz CT molecular complexity index is 624. The number of hydrogen-bond acceptors (Lipinski definition) is 5. The third kappa shape index (κ3) is 2.80. The lowest BCUT2D eigenvalue weighted by atomic mass is 10.2. The van der Waals surface area contributed by atoms with Crippen molar-refractivity contribution in [3.8, 4) is 6.07 Å². The third-order valence-electron chi connectivity index (χ3n) is 2.90. The van der Waals surface area contributed by atoms with Crippen molar-refractivity contribution in [1.29, 1.82) is 5.26 Å². The highest BCUT2D eigenvalue weighted by Crippen LogP contribution is 2.17. The molecular weight excluding hydrogens is 258 g/mol. The van der Waals surface area contributed by atoms with Crippen LogP contribution in [0, 0.1) is 18.3 Å². The van der Waals surface area contributed by atoms with E-state index in [4.69, 9.17) is 15.4 Å². The van der Waals surface area contributed by atoms with E-state index in [1.165, 1.54) is 11.2 Å². The van der Waals surface area contributed by atoms with Gasteiger partial charge in [-0.15, -0.1) is 0 Å². The number of carbonyl (C=O) groups is 1. The average Bonchev–Trinajstić information content (AvgIpc) is 3.06. The highest BCUT2D eigenvalue weighted by molar-refractivity contribution is 5.97. The van der Waals surface area contributed by atoms with E-state index in [-0.39, 0.29) is 24.6 Å². The van der Waals surface area contributed by atoms with Crippen molar-refractivity contribution in [2.75, 3.05) is 12.3 Å². The van der Waals surface area contributed by atoms with Crippen LogP contribution in [0.2, 0.25) is 0 Å². The van der Waals surface area contributed by atoms with Gasteiger partial charge < -0.3 is 15.1 Å². The number of anilines is 1. The molecule has 104 valence electrons. The number of nitrogens with one attached hydrogen (secondary N) is 1. The minimum absolute atomic E-state index is 0.173. The monoisotopic (exact) mass is 273 g/mol. The van der Waals surface area contributed by atoms with Crippen molar-refractivity contribution >= 4 is 11.6 Å². The van der Waals surface area contributed by atoms with Crippen LogP contribution in [0.4, 0.5) is 5.69 Å². The molecule has 0 spiro atoms. The molecule has 3 N–H and O–H groups in total. The first-order valence-corrected chi connectivity index (χ1v) is 6.12. The fourth-order valence-electron chi connectivity index (χ4n) is 1.78. The molecule has 0 aliphatic carbocycles. The van der Waals surface area contributed by atoms with Gasteiger partial charge in [0, 0.05) is 6.54 Å². The molecule has 0 aromatic carbocycles. The fraction of sp³-hybridized carbons (Fsp3) is 0.308. The maximum atomic E-state index is 12.4. The van der Waals surface area contributed by atoms with Crippen LogP contribution in [0.25, 0.3) is 0 Å². The molecule has 2 rings (SSSR count). The van der Waals surface area contributed by atoms with E-state index in [1.54, 1.807) is 19.1 Å². The minimum Gasteiger partial charge on any atom is -0.467 e. The lowest BCUT2D eigenvalue weighted by Gasteiger charge is -2.19. The van der Waals surface area contributed by atoms with Gasteiger partial charge in [-0.3, -0.25) is 9.89 Å². The summed E-state index contributed by atoms with van der Waals surface area (Å²) in [6, 6.07) is 5.53. The van der Waals surface area contributed by atoms with Crippen molar-refractivity contribution in [2.24, 2.45) is 0 Å². The van der Waals surface area contributed by atoms with Gasteiger partial charge in [0.1, 0.15) is 5.76 Å². The number of nitrogens with two attached hydrogens (primary N) is 1. The number of aromatic amines is 1. The van der Waals surface area contributed by atoms with Crippen molar-refractivity contribution in [1.82, 2.24) is 15.1 Å². The van der Waals surface area contributed by atoms with E-state index in [9.17, 15) is 4.79 Å². The lowest BCUT2D eigenvalue weighted by molar-refractivity contribution is 0.0730. The Hall–Kier alpha value is -2.75. The standard InChI is InChI=1S/C13H15N5O2/c1-9-11(15)12(17-16-9)13(19)18(6-3-5-14)8-10-4-2-7-20-10/h2,4,7H,3,6,8,15H2,1H3,(H,16,17). The van der Waals surface area contributed by atoms with Crippen molar-refractivity contribution in [2.45, 2.75) is 19.9 Å². The predicted molar refractivity (Wildman–Crippen MR) is 71.4 cm³/mol. The van der Waals surface area contributed by atoms with Crippen LogP contribution in [-0.2, 0) is 6.54 Å². The van der Waals surface area contributed by atoms with Gasteiger partial charge >= 0.3 is 0 Å². The van der Waals surface area contributed by atoms with Gasteiger partial charge in [-0.25, -0.2) is 0 Å². The Balaban J connectivity index is 2.19. The van der Waals surface area contributed by atoms with Gasteiger partial charge in [0.05, 0.1) is 36.7 Å². The SMILES string of the molecule is Cc1[nH]nc(C(=O)N(CCC#N)Cc2ccco2)c1N. The Kier molecular flexibility index (Phi) is 4.05. The lowest BCUT2D eigenvalue weighted by Crippen LogP contribution is -2.32. The molecule has 2 heterocycles. The topological polar surface area (TPSA) is 112 Å². The molecule has 7 nitrogen and oxygen atoms in total. The highest BCUT2D eigenvalue weighted by atomic mass is 16.3. The van der Waals surface area contributed by atoms with Crippen molar-refractivity contribution in [3.63, 3.8) is 0 Å². The van der Waals surface area contributed by atoms with Crippen molar-refractivity contribution < 1.29 is 9.21 Å². The summed E-state index contributed by atoms with van der Waals surface area (Å²) in [6.45, 7) is 2.31. The number of furan rings is 1. The number of amides is 1. The summed E-state index contributed by atoms with van der Waals surface area (Å²) in [4.78, 5) is 13.9. The largest absolute Gasteiger partial charge is 0.467 e. The summed E-state index contributed by atoms with van der Waals surface area (Å²) in [7, 11) is 0. The molecule has 20 heavy (non-hydrogen) atoms. The van der Waals surface area contributed by atoms with Crippen LogP contribution in [0.5, 0.6) is 0 Å². The number of rotatable bonds is 5. The molecule has 0 aliphatic heterocycles. The zero-order chi connectivity index (χ0) is 14.5. The molecule has 0 saturated carbocycles. The van der Waals surface area contributed by atoms with Crippen LogP contribution >= 0.6 is 0 Å². The van der Waals surface area contributed by atoms with Gasteiger partial charge in [0.2, 0.25) is 0 Å². The number of aryl methyl sites for hydroxylation is 1. The Morgan fingerprint density at radius 3 is 3.00 bits per heavy atom. The molecule has 0 unspecified atom stereocenters. The molecule has 2 aromatic rings. The first-order valence-electron chi connectivity index (χ1n) is 6.12. The van der Waals surface area contributed by atoms with E-state index < -0.39 is 0 Å². The van der Waals surface area contributed by atoms with Gasteiger partial charge in [-0.2, -0.15) is 10.4 Å². The molecule has 0 radical (unpaired) electrons. The maximum absolute atomic E-state index is 12.4. The van der Waals surface area contributed by atoms with E-state index in [1.807, 2.05) is 6.07 Å². The van der Waals surface area contributed by atoms with Gasteiger partial charge in [0.15, 0.2) is 5.69 Å². The molecule has 0 saturated heterocycles. The zero-order valence-electron chi connectivity index (χ0n) is 11.1. The second-order valence-corrected chi connectivity index (χ2v) is 4.33. The van der Waals surface area contributed by atoms with Crippen molar-refractivity contribution in [3.05, 3.63) is 35.5 Å². The number of hydrogen-bond donors (Lipinski definition) is 2.